The van der Waals surface area contributed by atoms with Gasteiger partial charge in [-0.25, -0.2) is 0 Å². The predicted octanol–water partition coefficient (Wildman–Crippen LogP) is 3.95. The van der Waals surface area contributed by atoms with Crippen LogP contribution in [0.4, 0.5) is 0 Å². The number of hydrogen-bond acceptors (Lipinski definition) is 3. The zero-order valence-corrected chi connectivity index (χ0v) is 10.7. The van der Waals surface area contributed by atoms with Gasteiger partial charge >= 0.3 is 0 Å². The third-order valence-electron chi connectivity index (χ3n) is 2.15. The van der Waals surface area contributed by atoms with Crippen LogP contribution in [0.25, 0.3) is 0 Å². The number of hydrogen-bond donors (Lipinski definition) is 0. The van der Waals surface area contributed by atoms with Gasteiger partial charge in [-0.1, -0.05) is 0 Å². The van der Waals surface area contributed by atoms with Gasteiger partial charge in [0.15, 0.2) is 10.5 Å². The molecule has 0 fully saturated rings. The standard InChI is InChI=1S/C11H9BrO2S/c1-6-5-9(7(2)15-6)10(13)8-3-4-14-11(8)12/h3-5H,1-2H3. The number of ketones is 1. The molecule has 0 saturated carbocycles. The molecule has 0 radical (unpaired) electrons. The smallest absolute Gasteiger partial charge is 0.198 e. The van der Waals surface area contributed by atoms with E-state index >= 15 is 0 Å². The molecule has 0 amide bonds. The van der Waals surface area contributed by atoms with E-state index in [1.54, 1.807) is 17.4 Å². The number of halogens is 1. The first-order chi connectivity index (χ1) is 7.09. The summed E-state index contributed by atoms with van der Waals surface area (Å²) >= 11 is 4.85. The van der Waals surface area contributed by atoms with Crippen molar-refractivity contribution < 1.29 is 9.21 Å². The van der Waals surface area contributed by atoms with Crippen LogP contribution in [0.3, 0.4) is 0 Å². The Morgan fingerprint density at radius 2 is 2.13 bits per heavy atom. The summed E-state index contributed by atoms with van der Waals surface area (Å²) in [5.74, 6) is 0.0116. The lowest BCUT2D eigenvalue weighted by atomic mass is 10.1. The van der Waals surface area contributed by atoms with E-state index in [1.807, 2.05) is 19.9 Å². The maximum Gasteiger partial charge on any atom is 0.198 e. The van der Waals surface area contributed by atoms with Gasteiger partial charge in [-0.2, -0.15) is 0 Å². The number of rotatable bonds is 2. The highest BCUT2D eigenvalue weighted by Gasteiger charge is 2.18. The lowest BCUT2D eigenvalue weighted by Crippen LogP contribution is -2.00. The van der Waals surface area contributed by atoms with Crippen LogP contribution in [0, 0.1) is 13.8 Å². The van der Waals surface area contributed by atoms with E-state index in [-0.39, 0.29) is 5.78 Å². The summed E-state index contributed by atoms with van der Waals surface area (Å²) in [7, 11) is 0. The molecule has 2 aromatic rings. The quantitative estimate of drug-likeness (QED) is 0.782. The monoisotopic (exact) mass is 284 g/mol. The first-order valence-corrected chi connectivity index (χ1v) is 6.05. The minimum atomic E-state index is 0.0116. The number of carbonyl (C=O) groups excluding carboxylic acids is 1. The van der Waals surface area contributed by atoms with Gasteiger partial charge in [-0.05, 0) is 41.9 Å². The number of aryl methyl sites for hydroxylation is 2. The van der Waals surface area contributed by atoms with Crippen LogP contribution in [0.15, 0.2) is 27.5 Å². The van der Waals surface area contributed by atoms with Gasteiger partial charge < -0.3 is 4.42 Å². The average molecular weight is 285 g/mol. The first-order valence-electron chi connectivity index (χ1n) is 4.44. The molecule has 0 aromatic carbocycles. The highest BCUT2D eigenvalue weighted by molar-refractivity contribution is 9.10. The third-order valence-corrected chi connectivity index (χ3v) is 3.73. The van der Waals surface area contributed by atoms with Gasteiger partial charge in [-0.15, -0.1) is 11.3 Å². The van der Waals surface area contributed by atoms with Crippen molar-refractivity contribution in [3.63, 3.8) is 0 Å². The van der Waals surface area contributed by atoms with Crippen LogP contribution < -0.4 is 0 Å². The Labute approximate surface area is 100 Å². The number of thiophene rings is 1. The van der Waals surface area contributed by atoms with E-state index in [0.717, 1.165) is 15.3 Å². The summed E-state index contributed by atoms with van der Waals surface area (Å²) in [6, 6.07) is 3.60. The molecule has 78 valence electrons. The fourth-order valence-corrected chi connectivity index (χ4v) is 2.80. The molecule has 0 spiro atoms. The Bertz CT molecular complexity index is 510. The van der Waals surface area contributed by atoms with E-state index in [9.17, 15) is 4.79 Å². The zero-order chi connectivity index (χ0) is 11.0. The van der Waals surface area contributed by atoms with Crippen molar-refractivity contribution >= 4 is 33.0 Å². The maximum absolute atomic E-state index is 12.1. The number of carbonyl (C=O) groups is 1. The van der Waals surface area contributed by atoms with Crippen molar-refractivity contribution in [1.29, 1.82) is 0 Å². The van der Waals surface area contributed by atoms with Crippen molar-refractivity contribution in [2.75, 3.05) is 0 Å². The molecule has 0 unspecified atom stereocenters. The van der Waals surface area contributed by atoms with Crippen molar-refractivity contribution in [2.24, 2.45) is 0 Å². The van der Waals surface area contributed by atoms with Crippen molar-refractivity contribution in [3.8, 4) is 0 Å². The van der Waals surface area contributed by atoms with E-state index in [0.29, 0.717) is 10.2 Å². The Hall–Kier alpha value is -0.870. The van der Waals surface area contributed by atoms with Crippen LogP contribution in [0.1, 0.15) is 25.7 Å². The summed E-state index contributed by atoms with van der Waals surface area (Å²) in [4.78, 5) is 14.3. The molecule has 2 aromatic heterocycles. The molecule has 4 heteroatoms. The molecule has 2 heterocycles. The van der Waals surface area contributed by atoms with Crippen molar-refractivity contribution in [2.45, 2.75) is 13.8 Å². The Morgan fingerprint density at radius 1 is 1.40 bits per heavy atom. The minimum Gasteiger partial charge on any atom is -0.457 e. The zero-order valence-electron chi connectivity index (χ0n) is 8.33. The molecule has 0 N–H and O–H groups in total. The molecule has 0 aliphatic heterocycles. The van der Waals surface area contributed by atoms with Gasteiger partial charge in [0.2, 0.25) is 0 Å². The minimum absolute atomic E-state index is 0.0116. The van der Waals surface area contributed by atoms with E-state index in [4.69, 9.17) is 4.42 Å². The average Bonchev–Trinajstić information content (AvgIpc) is 2.71. The topological polar surface area (TPSA) is 30.2 Å². The molecule has 2 nitrogen and oxygen atoms in total. The first kappa shape index (κ1) is 10.6. The normalized spacial score (nSPS) is 10.6. The summed E-state index contributed by atoms with van der Waals surface area (Å²) in [6.45, 7) is 3.96. The van der Waals surface area contributed by atoms with Crippen LogP contribution in [0.2, 0.25) is 0 Å². The van der Waals surface area contributed by atoms with Crippen molar-refractivity contribution in [1.82, 2.24) is 0 Å². The second-order valence-electron chi connectivity index (χ2n) is 3.26. The molecule has 0 bridgehead atoms. The predicted molar refractivity (Wildman–Crippen MR) is 63.6 cm³/mol. The van der Waals surface area contributed by atoms with Gasteiger partial charge in [0, 0.05) is 15.3 Å². The summed E-state index contributed by atoms with van der Waals surface area (Å²) in [5.41, 5.74) is 1.34. The molecular formula is C11H9BrO2S. The fraction of sp³-hybridized carbons (Fsp3) is 0.182. The lowest BCUT2D eigenvalue weighted by molar-refractivity contribution is 0.103. The molecule has 0 atom stereocenters. The molecule has 0 saturated heterocycles. The van der Waals surface area contributed by atoms with Gasteiger partial charge in [0.25, 0.3) is 0 Å². The van der Waals surface area contributed by atoms with Crippen LogP contribution in [0.5, 0.6) is 0 Å². The summed E-state index contributed by atoms with van der Waals surface area (Å²) in [6.07, 6.45) is 1.51. The lowest BCUT2D eigenvalue weighted by Gasteiger charge is -1.96. The van der Waals surface area contributed by atoms with Gasteiger partial charge in [-0.3, -0.25) is 4.79 Å². The third kappa shape index (κ3) is 1.92. The molecule has 2 rings (SSSR count). The maximum atomic E-state index is 12.1. The van der Waals surface area contributed by atoms with Crippen LogP contribution in [-0.2, 0) is 0 Å². The van der Waals surface area contributed by atoms with Crippen LogP contribution >= 0.6 is 27.3 Å². The molecular weight excluding hydrogens is 276 g/mol. The fourth-order valence-electron chi connectivity index (χ4n) is 1.46. The van der Waals surface area contributed by atoms with Crippen molar-refractivity contribution in [3.05, 3.63) is 43.9 Å². The number of furan rings is 1. The molecule has 0 aliphatic rings. The molecule has 15 heavy (non-hydrogen) atoms. The highest BCUT2D eigenvalue weighted by Crippen LogP contribution is 2.26. The largest absolute Gasteiger partial charge is 0.457 e. The van der Waals surface area contributed by atoms with Gasteiger partial charge in [0.05, 0.1) is 11.8 Å². The molecule has 0 aliphatic carbocycles. The van der Waals surface area contributed by atoms with E-state index in [1.165, 1.54) is 6.26 Å². The van der Waals surface area contributed by atoms with E-state index < -0.39 is 0 Å². The van der Waals surface area contributed by atoms with E-state index in [2.05, 4.69) is 15.9 Å². The SMILES string of the molecule is Cc1cc(C(=O)c2ccoc2Br)c(C)s1. The summed E-state index contributed by atoms with van der Waals surface area (Å²) < 4.78 is 5.55. The highest BCUT2D eigenvalue weighted by atomic mass is 79.9. The second-order valence-corrected chi connectivity index (χ2v) is 5.44. The second kappa shape index (κ2) is 3.94. The Kier molecular flexibility index (Phi) is 2.80. The summed E-state index contributed by atoms with van der Waals surface area (Å²) in [5, 5.41) is 0. The Balaban J connectivity index is 2.45. The van der Waals surface area contributed by atoms with Crippen LogP contribution in [-0.4, -0.2) is 5.78 Å². The van der Waals surface area contributed by atoms with Gasteiger partial charge in [0.1, 0.15) is 0 Å². The Morgan fingerprint density at radius 3 is 2.60 bits per heavy atom.